The summed E-state index contributed by atoms with van der Waals surface area (Å²) in [5, 5.41) is 28.4. The van der Waals surface area contributed by atoms with E-state index in [1.54, 1.807) is 0 Å². The van der Waals surface area contributed by atoms with Crippen molar-refractivity contribution in [3.8, 4) is 45.5 Å². The van der Waals surface area contributed by atoms with Gasteiger partial charge in [-0.2, -0.15) is 10.5 Å². The number of fused-ring (bicyclic) bond motifs is 6. The van der Waals surface area contributed by atoms with E-state index in [0.717, 1.165) is 27.6 Å². The van der Waals surface area contributed by atoms with E-state index in [9.17, 15) is 10.5 Å². The molecule has 0 bridgehead atoms. The second-order valence-corrected chi connectivity index (χ2v) is 12.4. The van der Waals surface area contributed by atoms with Gasteiger partial charge < -0.3 is 0 Å². The average Bonchev–Trinajstić information content (AvgIpc) is 3.10. The molecule has 2 nitrogen and oxygen atoms in total. The Morgan fingerprint density at radius 2 is 0.933 bits per heavy atom. The predicted molar refractivity (Wildman–Crippen MR) is 195 cm³/mol. The molecule has 0 amide bonds. The Labute approximate surface area is 274 Å². The van der Waals surface area contributed by atoms with Gasteiger partial charge in [0.1, 0.15) is 0 Å². The van der Waals surface area contributed by atoms with E-state index in [0.29, 0.717) is 11.1 Å². The SMILES string of the molecule is N#Cc1ccc(-c2cc3c4ccc(-c5cccc6cccc(I)c56)cc4c(-c4ccc(C#N)cc4)cc3c3ccccc23)cc1. The zero-order chi connectivity index (χ0) is 30.5. The van der Waals surface area contributed by atoms with Crippen LogP contribution in [0.4, 0.5) is 0 Å². The molecule has 0 aliphatic carbocycles. The summed E-state index contributed by atoms with van der Waals surface area (Å²) < 4.78 is 1.23. The van der Waals surface area contributed by atoms with Crippen molar-refractivity contribution in [1.29, 1.82) is 10.5 Å². The summed E-state index contributed by atoms with van der Waals surface area (Å²) in [4.78, 5) is 0. The van der Waals surface area contributed by atoms with Gasteiger partial charge in [0.2, 0.25) is 0 Å². The summed E-state index contributed by atoms with van der Waals surface area (Å²) in [6.07, 6.45) is 0. The van der Waals surface area contributed by atoms with Crippen molar-refractivity contribution < 1.29 is 0 Å². The fraction of sp³-hybridized carbons (Fsp3) is 0. The summed E-state index contributed by atoms with van der Waals surface area (Å²) in [6.45, 7) is 0. The van der Waals surface area contributed by atoms with Gasteiger partial charge in [-0.05, 0) is 142 Å². The topological polar surface area (TPSA) is 47.6 Å². The number of hydrogen-bond donors (Lipinski definition) is 0. The molecule has 45 heavy (non-hydrogen) atoms. The number of benzene rings is 8. The normalized spacial score (nSPS) is 11.2. The van der Waals surface area contributed by atoms with E-state index < -0.39 is 0 Å². The molecule has 3 heteroatoms. The molecule has 0 aromatic heterocycles. The summed E-state index contributed by atoms with van der Waals surface area (Å²) in [7, 11) is 0. The third kappa shape index (κ3) is 4.52. The largest absolute Gasteiger partial charge is 0.192 e. The molecule has 8 rings (SSSR count). The van der Waals surface area contributed by atoms with Crippen LogP contribution in [0.1, 0.15) is 11.1 Å². The van der Waals surface area contributed by atoms with E-state index in [1.807, 2.05) is 36.4 Å². The molecule has 0 aliphatic heterocycles. The number of rotatable bonds is 3. The predicted octanol–water partition coefficient (Wildman–Crippen LogP) is 11.6. The summed E-state index contributed by atoms with van der Waals surface area (Å²) in [5.74, 6) is 0. The molecule has 0 aliphatic rings. The molecule has 208 valence electrons. The highest BCUT2D eigenvalue weighted by atomic mass is 127. The minimum absolute atomic E-state index is 0.646. The lowest BCUT2D eigenvalue weighted by Gasteiger charge is -2.17. The molecular weight excluding hydrogens is 659 g/mol. The maximum absolute atomic E-state index is 9.48. The van der Waals surface area contributed by atoms with Crippen LogP contribution in [0.2, 0.25) is 0 Å². The molecule has 0 spiro atoms. The van der Waals surface area contributed by atoms with Crippen molar-refractivity contribution in [2.75, 3.05) is 0 Å². The highest BCUT2D eigenvalue weighted by Gasteiger charge is 2.16. The standard InChI is InChI=1S/C42H23IN2/c43-41-10-4-6-30-5-3-9-32(42(30)41)31-19-20-35-38(21-31)37(29-17-13-27(25-45)14-18-29)23-39-34-8-2-1-7-33(34)36(22-40(35)39)28-15-11-26(24-44)12-16-28/h1-23H. The fourth-order valence-corrected chi connectivity index (χ4v) is 7.44. The Kier molecular flexibility index (Phi) is 6.56. The smallest absolute Gasteiger partial charge is 0.0991 e. The summed E-state index contributed by atoms with van der Waals surface area (Å²) >= 11 is 2.44. The number of halogens is 1. The molecule has 0 saturated carbocycles. The van der Waals surface area contributed by atoms with Gasteiger partial charge in [-0.3, -0.25) is 0 Å². The number of nitriles is 2. The van der Waals surface area contributed by atoms with Gasteiger partial charge in [0.15, 0.2) is 0 Å². The first-order valence-electron chi connectivity index (χ1n) is 14.7. The van der Waals surface area contributed by atoms with Gasteiger partial charge >= 0.3 is 0 Å². The second-order valence-electron chi connectivity index (χ2n) is 11.3. The molecule has 0 N–H and O–H groups in total. The van der Waals surface area contributed by atoms with Gasteiger partial charge in [0, 0.05) is 8.96 Å². The summed E-state index contributed by atoms with van der Waals surface area (Å²) in [6, 6.07) is 53.3. The van der Waals surface area contributed by atoms with Crippen LogP contribution in [0.25, 0.3) is 76.5 Å². The van der Waals surface area contributed by atoms with Crippen LogP contribution in [0.5, 0.6) is 0 Å². The van der Waals surface area contributed by atoms with Crippen LogP contribution in [0, 0.1) is 26.2 Å². The van der Waals surface area contributed by atoms with Crippen molar-refractivity contribution in [2.24, 2.45) is 0 Å². The van der Waals surface area contributed by atoms with Crippen molar-refractivity contribution in [3.63, 3.8) is 0 Å². The lowest BCUT2D eigenvalue weighted by Crippen LogP contribution is -1.91. The second kappa shape index (κ2) is 10.9. The quantitative estimate of drug-likeness (QED) is 0.138. The van der Waals surface area contributed by atoms with Gasteiger partial charge in [0.25, 0.3) is 0 Å². The molecule has 0 saturated heterocycles. The average molecular weight is 683 g/mol. The Morgan fingerprint density at radius 3 is 1.56 bits per heavy atom. The van der Waals surface area contributed by atoms with Crippen LogP contribution in [-0.4, -0.2) is 0 Å². The molecular formula is C42H23IN2. The number of hydrogen-bond acceptors (Lipinski definition) is 2. The van der Waals surface area contributed by atoms with Crippen molar-refractivity contribution in [3.05, 3.63) is 154 Å². The van der Waals surface area contributed by atoms with Gasteiger partial charge in [-0.25, -0.2) is 0 Å². The Morgan fingerprint density at radius 1 is 0.400 bits per heavy atom. The molecule has 0 atom stereocenters. The molecule has 0 unspecified atom stereocenters. The van der Waals surface area contributed by atoms with Crippen LogP contribution >= 0.6 is 22.6 Å². The Balaban J connectivity index is 1.48. The van der Waals surface area contributed by atoms with Crippen LogP contribution in [0.15, 0.2) is 140 Å². The maximum Gasteiger partial charge on any atom is 0.0991 e. The molecule has 0 radical (unpaired) electrons. The van der Waals surface area contributed by atoms with Gasteiger partial charge in [-0.15, -0.1) is 0 Å². The zero-order valence-corrected chi connectivity index (χ0v) is 26.2. The lowest BCUT2D eigenvalue weighted by molar-refractivity contribution is 1.48. The Bertz CT molecular complexity index is 2540. The molecule has 0 heterocycles. The van der Waals surface area contributed by atoms with Gasteiger partial charge in [0.05, 0.1) is 23.3 Å². The zero-order valence-electron chi connectivity index (χ0n) is 24.1. The third-order valence-electron chi connectivity index (χ3n) is 8.79. The lowest BCUT2D eigenvalue weighted by atomic mass is 9.86. The highest BCUT2D eigenvalue weighted by molar-refractivity contribution is 14.1. The van der Waals surface area contributed by atoms with Crippen LogP contribution in [0.3, 0.4) is 0 Å². The van der Waals surface area contributed by atoms with E-state index in [1.165, 1.54) is 52.4 Å². The third-order valence-corrected chi connectivity index (χ3v) is 9.69. The van der Waals surface area contributed by atoms with E-state index in [-0.39, 0.29) is 0 Å². The van der Waals surface area contributed by atoms with Crippen molar-refractivity contribution in [2.45, 2.75) is 0 Å². The van der Waals surface area contributed by atoms with Crippen LogP contribution < -0.4 is 0 Å². The minimum Gasteiger partial charge on any atom is -0.192 e. The van der Waals surface area contributed by atoms with E-state index in [2.05, 4.69) is 138 Å². The molecule has 0 fully saturated rings. The summed E-state index contributed by atoms with van der Waals surface area (Å²) in [5.41, 5.74) is 8.10. The minimum atomic E-state index is 0.646. The molecule has 8 aromatic carbocycles. The fourth-order valence-electron chi connectivity index (χ4n) is 6.63. The first-order chi connectivity index (χ1) is 22.1. The first-order valence-corrected chi connectivity index (χ1v) is 15.8. The van der Waals surface area contributed by atoms with E-state index >= 15 is 0 Å². The monoisotopic (exact) mass is 682 g/mol. The van der Waals surface area contributed by atoms with E-state index in [4.69, 9.17) is 0 Å². The maximum atomic E-state index is 9.48. The van der Waals surface area contributed by atoms with Crippen molar-refractivity contribution >= 4 is 65.7 Å². The highest BCUT2D eigenvalue weighted by Crippen LogP contribution is 2.43. The van der Waals surface area contributed by atoms with Crippen molar-refractivity contribution in [1.82, 2.24) is 0 Å². The molecule has 8 aromatic rings. The van der Waals surface area contributed by atoms with Gasteiger partial charge in [-0.1, -0.05) is 91.0 Å². The first kappa shape index (κ1) is 27.1. The Hall–Kier alpha value is -5.49. The van der Waals surface area contributed by atoms with Crippen LogP contribution in [-0.2, 0) is 0 Å². The number of nitrogens with zero attached hydrogens (tertiary/aromatic N) is 2.